The van der Waals surface area contributed by atoms with Crippen LogP contribution in [0.1, 0.15) is 43.2 Å². The van der Waals surface area contributed by atoms with Crippen LogP contribution in [0.15, 0.2) is 24.3 Å². The fraction of sp³-hybridized carbons (Fsp3) is 0.357. The van der Waals surface area contributed by atoms with Gasteiger partial charge in [-0.2, -0.15) is 5.26 Å². The Morgan fingerprint density at radius 1 is 1.33 bits per heavy atom. The third kappa shape index (κ3) is 3.15. The Hall–Kier alpha value is -1.73. The minimum atomic E-state index is 0.438. The highest BCUT2D eigenvalue weighted by molar-refractivity contribution is 5.33. The maximum atomic E-state index is 8.69. The molecule has 0 aliphatic rings. The summed E-state index contributed by atoms with van der Waals surface area (Å²) in [4.78, 5) is 0. The highest BCUT2D eigenvalue weighted by Gasteiger charge is 2.08. The van der Waals surface area contributed by atoms with Crippen LogP contribution < -0.4 is 0 Å². The van der Waals surface area contributed by atoms with Gasteiger partial charge >= 0.3 is 0 Å². The number of hydrogen-bond acceptors (Lipinski definition) is 1. The molecular weight excluding hydrogens is 182 g/mol. The Morgan fingerprint density at radius 2 is 2.00 bits per heavy atom. The van der Waals surface area contributed by atoms with E-state index in [1.165, 1.54) is 5.56 Å². The van der Waals surface area contributed by atoms with E-state index in [4.69, 9.17) is 11.7 Å². The monoisotopic (exact) mass is 197 g/mol. The van der Waals surface area contributed by atoms with E-state index >= 15 is 0 Å². The molecule has 1 heteroatoms. The van der Waals surface area contributed by atoms with Gasteiger partial charge in [-0.15, -0.1) is 12.3 Å². The second-order valence-corrected chi connectivity index (χ2v) is 3.63. The lowest BCUT2D eigenvalue weighted by Gasteiger charge is -2.13. The molecule has 1 atom stereocenters. The summed E-state index contributed by atoms with van der Waals surface area (Å²) in [5.74, 6) is 3.15. The number of nitriles is 1. The Morgan fingerprint density at radius 3 is 2.47 bits per heavy atom. The topological polar surface area (TPSA) is 23.8 Å². The molecule has 0 aliphatic heterocycles. The van der Waals surface area contributed by atoms with Crippen molar-refractivity contribution in [1.82, 2.24) is 0 Å². The highest BCUT2D eigenvalue weighted by atomic mass is 14.2. The molecular formula is C14H15N. The average molecular weight is 197 g/mol. The summed E-state index contributed by atoms with van der Waals surface area (Å²) in [6, 6.07) is 9.85. The van der Waals surface area contributed by atoms with Crippen molar-refractivity contribution in [3.8, 4) is 18.4 Å². The molecule has 0 heterocycles. The number of rotatable bonds is 4. The molecule has 0 amide bonds. The van der Waals surface area contributed by atoms with E-state index in [0.29, 0.717) is 11.5 Å². The predicted molar refractivity (Wildman–Crippen MR) is 62.3 cm³/mol. The van der Waals surface area contributed by atoms with Crippen LogP contribution in [0, 0.1) is 23.7 Å². The first-order chi connectivity index (χ1) is 7.31. The van der Waals surface area contributed by atoms with E-state index in [1.54, 1.807) is 0 Å². The van der Waals surface area contributed by atoms with E-state index in [1.807, 2.05) is 24.3 Å². The maximum Gasteiger partial charge on any atom is 0.0991 e. The van der Waals surface area contributed by atoms with Gasteiger partial charge in [0.2, 0.25) is 0 Å². The lowest BCUT2D eigenvalue weighted by Crippen LogP contribution is -1.97. The maximum absolute atomic E-state index is 8.69. The number of benzene rings is 1. The summed E-state index contributed by atoms with van der Waals surface area (Å²) in [5, 5.41) is 8.69. The lowest BCUT2D eigenvalue weighted by molar-refractivity contribution is 0.628. The molecule has 0 spiro atoms. The Kier molecular flexibility index (Phi) is 4.45. The molecule has 1 aromatic rings. The second kappa shape index (κ2) is 5.89. The van der Waals surface area contributed by atoms with Crippen LogP contribution in [0.2, 0.25) is 0 Å². The highest BCUT2D eigenvalue weighted by Crippen LogP contribution is 2.24. The first-order valence-corrected chi connectivity index (χ1v) is 5.25. The van der Waals surface area contributed by atoms with Gasteiger partial charge in [0, 0.05) is 6.42 Å². The van der Waals surface area contributed by atoms with Crippen molar-refractivity contribution in [3.63, 3.8) is 0 Å². The van der Waals surface area contributed by atoms with Gasteiger partial charge in [-0.3, -0.25) is 0 Å². The normalized spacial score (nSPS) is 11.4. The quantitative estimate of drug-likeness (QED) is 0.678. The van der Waals surface area contributed by atoms with Crippen LogP contribution in [0.3, 0.4) is 0 Å². The molecule has 0 aromatic heterocycles. The third-order valence-electron chi connectivity index (χ3n) is 2.51. The van der Waals surface area contributed by atoms with Crippen LogP contribution in [-0.2, 0) is 0 Å². The third-order valence-corrected chi connectivity index (χ3v) is 2.51. The van der Waals surface area contributed by atoms with Crippen molar-refractivity contribution in [3.05, 3.63) is 35.4 Å². The molecule has 0 aliphatic carbocycles. The van der Waals surface area contributed by atoms with E-state index < -0.39 is 0 Å². The standard InChI is InChI=1S/C14H15N/c1-3-5-13(6-4-2)14-9-7-12(11-15)8-10-14/h1,7-10,13H,4-6H2,2H3. The number of terminal acetylenes is 1. The lowest BCUT2D eigenvalue weighted by atomic mass is 9.91. The van der Waals surface area contributed by atoms with Crippen LogP contribution in [0.25, 0.3) is 0 Å². The fourth-order valence-electron chi connectivity index (χ4n) is 1.71. The summed E-state index contributed by atoms with van der Waals surface area (Å²) >= 11 is 0. The van der Waals surface area contributed by atoms with Gasteiger partial charge in [0.15, 0.2) is 0 Å². The van der Waals surface area contributed by atoms with Crippen molar-refractivity contribution in [2.45, 2.75) is 32.1 Å². The zero-order chi connectivity index (χ0) is 11.1. The van der Waals surface area contributed by atoms with E-state index in [9.17, 15) is 0 Å². The summed E-state index contributed by atoms with van der Waals surface area (Å²) < 4.78 is 0. The van der Waals surface area contributed by atoms with E-state index in [0.717, 1.165) is 19.3 Å². The van der Waals surface area contributed by atoms with Crippen molar-refractivity contribution >= 4 is 0 Å². The summed E-state index contributed by atoms with van der Waals surface area (Å²) in [6.07, 6.45) is 8.37. The molecule has 1 nitrogen and oxygen atoms in total. The molecule has 1 unspecified atom stereocenters. The first-order valence-electron chi connectivity index (χ1n) is 5.25. The molecule has 0 radical (unpaired) electrons. The van der Waals surface area contributed by atoms with Gasteiger partial charge in [0.1, 0.15) is 0 Å². The Bertz CT molecular complexity index is 375. The zero-order valence-corrected chi connectivity index (χ0v) is 9.03. The van der Waals surface area contributed by atoms with E-state index in [-0.39, 0.29) is 0 Å². The summed E-state index contributed by atoms with van der Waals surface area (Å²) in [6.45, 7) is 2.16. The fourth-order valence-corrected chi connectivity index (χ4v) is 1.71. The van der Waals surface area contributed by atoms with Gasteiger partial charge in [0.25, 0.3) is 0 Å². The molecule has 0 N–H and O–H groups in total. The number of hydrogen-bond donors (Lipinski definition) is 0. The van der Waals surface area contributed by atoms with Gasteiger partial charge in [-0.05, 0) is 30.0 Å². The molecule has 76 valence electrons. The van der Waals surface area contributed by atoms with Gasteiger partial charge in [-0.25, -0.2) is 0 Å². The summed E-state index contributed by atoms with van der Waals surface area (Å²) in [7, 11) is 0. The molecule has 0 saturated heterocycles. The van der Waals surface area contributed by atoms with Crippen LogP contribution >= 0.6 is 0 Å². The molecule has 0 fully saturated rings. The van der Waals surface area contributed by atoms with Crippen molar-refractivity contribution in [2.75, 3.05) is 0 Å². The van der Waals surface area contributed by atoms with Crippen LogP contribution in [0.4, 0.5) is 0 Å². The van der Waals surface area contributed by atoms with Gasteiger partial charge in [0.05, 0.1) is 11.6 Å². The van der Waals surface area contributed by atoms with Crippen molar-refractivity contribution < 1.29 is 0 Å². The average Bonchev–Trinajstić information content (AvgIpc) is 2.29. The number of nitrogens with zero attached hydrogens (tertiary/aromatic N) is 1. The van der Waals surface area contributed by atoms with Gasteiger partial charge < -0.3 is 0 Å². The van der Waals surface area contributed by atoms with Gasteiger partial charge in [-0.1, -0.05) is 25.5 Å². The largest absolute Gasteiger partial charge is 0.192 e. The Labute approximate surface area is 91.7 Å². The molecule has 0 saturated carbocycles. The van der Waals surface area contributed by atoms with Crippen molar-refractivity contribution in [2.24, 2.45) is 0 Å². The van der Waals surface area contributed by atoms with Crippen molar-refractivity contribution in [1.29, 1.82) is 5.26 Å². The van der Waals surface area contributed by atoms with Crippen LogP contribution in [0.5, 0.6) is 0 Å². The first kappa shape index (κ1) is 11.3. The molecule has 1 aromatic carbocycles. The molecule has 0 bridgehead atoms. The molecule has 1 rings (SSSR count). The van der Waals surface area contributed by atoms with Crippen LogP contribution in [-0.4, -0.2) is 0 Å². The summed E-state index contributed by atoms with van der Waals surface area (Å²) in [5.41, 5.74) is 1.95. The minimum absolute atomic E-state index is 0.438. The zero-order valence-electron chi connectivity index (χ0n) is 9.03. The van der Waals surface area contributed by atoms with E-state index in [2.05, 4.69) is 18.9 Å². The molecule has 15 heavy (non-hydrogen) atoms. The minimum Gasteiger partial charge on any atom is -0.192 e. The smallest absolute Gasteiger partial charge is 0.0991 e. The Balaban J connectivity index is 2.83. The predicted octanol–water partition coefficient (Wildman–Crippen LogP) is 3.47. The SMILES string of the molecule is C#CCC(CCC)c1ccc(C#N)cc1. The second-order valence-electron chi connectivity index (χ2n) is 3.63.